The lowest BCUT2D eigenvalue weighted by molar-refractivity contribution is -0.490. The molecule has 0 radical (unpaired) electrons. The highest BCUT2D eigenvalue weighted by Gasteiger charge is 2.40. The van der Waals surface area contributed by atoms with Gasteiger partial charge in [-0.25, -0.2) is 0 Å². The van der Waals surface area contributed by atoms with Gasteiger partial charge in [-0.1, -0.05) is 42.5 Å². The molecule has 0 saturated heterocycles. The first-order chi connectivity index (χ1) is 11.6. The van der Waals surface area contributed by atoms with Crippen LogP contribution in [-0.2, 0) is 16.0 Å². The number of rotatable bonds is 7. The standard InChI is InChI=1S/C16H16BNO6/c19-17-16-13(15(24-17)9-18(20)21)7-4-8-14(16)23-11-22-10-12-5-2-1-3-6-12/h1-8,15,19H,9-11H2. The van der Waals surface area contributed by atoms with Crippen molar-refractivity contribution in [3.05, 3.63) is 69.8 Å². The maximum absolute atomic E-state index is 10.7. The van der Waals surface area contributed by atoms with Crippen molar-refractivity contribution in [1.82, 2.24) is 0 Å². The minimum Gasteiger partial charge on any atom is -0.468 e. The van der Waals surface area contributed by atoms with E-state index in [1.807, 2.05) is 30.3 Å². The Hall–Kier alpha value is -2.42. The van der Waals surface area contributed by atoms with E-state index in [0.29, 0.717) is 23.4 Å². The molecular weight excluding hydrogens is 313 g/mol. The Morgan fingerprint density at radius 3 is 2.75 bits per heavy atom. The van der Waals surface area contributed by atoms with Gasteiger partial charge in [0.25, 0.3) is 0 Å². The molecule has 0 saturated carbocycles. The summed E-state index contributed by atoms with van der Waals surface area (Å²) in [5, 5.41) is 20.7. The van der Waals surface area contributed by atoms with Crippen LogP contribution in [0.5, 0.6) is 5.75 Å². The molecule has 0 aromatic heterocycles. The molecule has 2 aromatic carbocycles. The molecule has 1 atom stereocenters. The van der Waals surface area contributed by atoms with Gasteiger partial charge in [0.1, 0.15) is 11.9 Å². The first kappa shape index (κ1) is 16.4. The van der Waals surface area contributed by atoms with Crippen molar-refractivity contribution in [2.45, 2.75) is 12.7 Å². The summed E-state index contributed by atoms with van der Waals surface area (Å²) >= 11 is 0. The second-order valence-electron chi connectivity index (χ2n) is 5.35. The van der Waals surface area contributed by atoms with Gasteiger partial charge >= 0.3 is 7.12 Å². The van der Waals surface area contributed by atoms with E-state index in [1.54, 1.807) is 18.2 Å². The van der Waals surface area contributed by atoms with Crippen molar-refractivity contribution in [2.75, 3.05) is 13.3 Å². The van der Waals surface area contributed by atoms with Gasteiger partial charge in [-0.2, -0.15) is 0 Å². The molecular formula is C16H16BNO6. The van der Waals surface area contributed by atoms with Gasteiger partial charge in [-0.3, -0.25) is 10.1 Å². The van der Waals surface area contributed by atoms with E-state index in [-0.39, 0.29) is 6.79 Å². The molecule has 1 N–H and O–H groups in total. The average Bonchev–Trinajstić information content (AvgIpc) is 2.89. The predicted molar refractivity (Wildman–Crippen MR) is 86.5 cm³/mol. The lowest BCUT2D eigenvalue weighted by atomic mass is 9.78. The number of nitro groups is 1. The quantitative estimate of drug-likeness (QED) is 0.270. The number of nitrogens with zero attached hydrogens (tertiary/aromatic N) is 1. The average molecular weight is 329 g/mol. The highest BCUT2D eigenvalue weighted by molar-refractivity contribution is 6.62. The summed E-state index contributed by atoms with van der Waals surface area (Å²) in [5.74, 6) is 0.402. The summed E-state index contributed by atoms with van der Waals surface area (Å²) in [6.45, 7) is -0.00510. The number of fused-ring (bicyclic) bond motifs is 1. The highest BCUT2D eigenvalue weighted by atomic mass is 16.7. The van der Waals surface area contributed by atoms with Crippen LogP contribution >= 0.6 is 0 Å². The Kier molecular flexibility index (Phi) is 5.09. The molecule has 2 aromatic rings. The number of hydrogen-bond donors (Lipinski definition) is 1. The van der Waals surface area contributed by atoms with Crippen LogP contribution in [0, 0.1) is 10.1 Å². The summed E-state index contributed by atoms with van der Waals surface area (Å²) < 4.78 is 16.3. The minimum absolute atomic E-state index is 0.00201. The minimum atomic E-state index is -1.24. The zero-order valence-electron chi connectivity index (χ0n) is 12.8. The Balaban J connectivity index is 1.63. The van der Waals surface area contributed by atoms with E-state index in [9.17, 15) is 15.1 Å². The van der Waals surface area contributed by atoms with Gasteiger partial charge in [0, 0.05) is 10.4 Å². The predicted octanol–water partition coefficient (Wildman–Crippen LogP) is 1.28. The van der Waals surface area contributed by atoms with E-state index in [1.165, 1.54) is 0 Å². The largest absolute Gasteiger partial charge is 0.496 e. The lowest BCUT2D eigenvalue weighted by Crippen LogP contribution is -2.30. The second kappa shape index (κ2) is 7.44. The molecule has 0 spiro atoms. The van der Waals surface area contributed by atoms with Gasteiger partial charge < -0.3 is 19.2 Å². The molecule has 24 heavy (non-hydrogen) atoms. The smallest absolute Gasteiger partial charge is 0.468 e. The molecule has 0 aliphatic carbocycles. The molecule has 1 aliphatic rings. The molecule has 8 heteroatoms. The number of ether oxygens (including phenoxy) is 2. The Bertz CT molecular complexity index is 711. The Morgan fingerprint density at radius 1 is 1.21 bits per heavy atom. The zero-order chi connectivity index (χ0) is 16.9. The fraction of sp³-hybridized carbons (Fsp3) is 0.250. The van der Waals surface area contributed by atoms with Crippen LogP contribution in [0.3, 0.4) is 0 Å². The molecule has 1 unspecified atom stereocenters. The lowest BCUT2D eigenvalue weighted by Gasteiger charge is -2.11. The molecule has 124 valence electrons. The summed E-state index contributed by atoms with van der Waals surface area (Å²) in [6.07, 6.45) is -0.779. The number of hydrogen-bond acceptors (Lipinski definition) is 6. The van der Waals surface area contributed by atoms with Crippen LogP contribution < -0.4 is 10.2 Å². The molecule has 7 nitrogen and oxygen atoms in total. The van der Waals surface area contributed by atoms with E-state index < -0.39 is 24.7 Å². The van der Waals surface area contributed by atoms with Gasteiger partial charge in [0.15, 0.2) is 6.79 Å². The fourth-order valence-electron chi connectivity index (χ4n) is 2.64. The van der Waals surface area contributed by atoms with E-state index in [4.69, 9.17) is 14.1 Å². The summed E-state index contributed by atoms with van der Waals surface area (Å²) in [5.41, 5.74) is 2.02. The first-order valence-electron chi connectivity index (χ1n) is 7.47. The summed E-state index contributed by atoms with van der Waals surface area (Å²) in [4.78, 5) is 10.2. The van der Waals surface area contributed by atoms with Crippen molar-refractivity contribution < 1.29 is 24.1 Å². The molecule has 0 amide bonds. The van der Waals surface area contributed by atoms with Crippen LogP contribution in [0.15, 0.2) is 48.5 Å². The monoisotopic (exact) mass is 329 g/mol. The van der Waals surface area contributed by atoms with Gasteiger partial charge in [-0.05, 0) is 17.2 Å². The van der Waals surface area contributed by atoms with E-state index in [2.05, 4.69) is 0 Å². The van der Waals surface area contributed by atoms with E-state index in [0.717, 1.165) is 5.56 Å². The Morgan fingerprint density at radius 2 is 2.00 bits per heavy atom. The molecule has 3 rings (SSSR count). The molecule has 1 heterocycles. The van der Waals surface area contributed by atoms with Crippen molar-refractivity contribution in [2.24, 2.45) is 0 Å². The maximum atomic E-state index is 10.7. The van der Waals surface area contributed by atoms with Gasteiger partial charge in [0.2, 0.25) is 6.54 Å². The zero-order valence-corrected chi connectivity index (χ0v) is 12.8. The van der Waals surface area contributed by atoms with E-state index >= 15 is 0 Å². The first-order valence-corrected chi connectivity index (χ1v) is 7.47. The third kappa shape index (κ3) is 3.73. The third-order valence-corrected chi connectivity index (χ3v) is 3.71. The van der Waals surface area contributed by atoms with Gasteiger partial charge in [-0.15, -0.1) is 0 Å². The van der Waals surface area contributed by atoms with Crippen LogP contribution in [0.4, 0.5) is 0 Å². The highest BCUT2D eigenvalue weighted by Crippen LogP contribution is 2.27. The normalized spacial score (nSPS) is 16.0. The third-order valence-electron chi connectivity index (χ3n) is 3.71. The second-order valence-corrected chi connectivity index (χ2v) is 5.35. The number of benzene rings is 2. The van der Waals surface area contributed by atoms with Crippen LogP contribution in [0.2, 0.25) is 0 Å². The summed E-state index contributed by atoms with van der Waals surface area (Å²) in [6, 6.07) is 14.7. The van der Waals surface area contributed by atoms with Crippen molar-refractivity contribution >= 4 is 12.6 Å². The maximum Gasteiger partial charge on any atom is 0.496 e. The SMILES string of the molecule is O=[N+]([O-])CC1OB(O)c2c(OCOCc3ccccc3)cccc21. The van der Waals surface area contributed by atoms with Crippen molar-refractivity contribution in [3.8, 4) is 5.75 Å². The molecule has 0 fully saturated rings. The van der Waals surface area contributed by atoms with Crippen LogP contribution in [-0.4, -0.2) is 30.4 Å². The Labute approximate surface area is 139 Å². The van der Waals surface area contributed by atoms with Crippen LogP contribution in [0.25, 0.3) is 0 Å². The van der Waals surface area contributed by atoms with Crippen molar-refractivity contribution in [1.29, 1.82) is 0 Å². The van der Waals surface area contributed by atoms with Crippen LogP contribution in [0.1, 0.15) is 17.2 Å². The van der Waals surface area contributed by atoms with Crippen molar-refractivity contribution in [3.63, 3.8) is 0 Å². The van der Waals surface area contributed by atoms with Gasteiger partial charge in [0.05, 0.1) is 6.61 Å². The fourth-order valence-corrected chi connectivity index (χ4v) is 2.64. The summed E-state index contributed by atoms with van der Waals surface area (Å²) in [7, 11) is -1.24. The molecule has 1 aliphatic heterocycles. The molecule has 0 bridgehead atoms. The topological polar surface area (TPSA) is 91.1 Å².